The van der Waals surface area contributed by atoms with Gasteiger partial charge >= 0.3 is 6.18 Å². The number of benzene rings is 1. The summed E-state index contributed by atoms with van der Waals surface area (Å²) in [7, 11) is 0. The molecule has 0 bridgehead atoms. The lowest BCUT2D eigenvalue weighted by Gasteiger charge is -2.12. The van der Waals surface area contributed by atoms with Crippen LogP contribution >= 0.6 is 0 Å². The van der Waals surface area contributed by atoms with Gasteiger partial charge in [0, 0.05) is 11.9 Å². The molecule has 0 aliphatic heterocycles. The zero-order chi connectivity index (χ0) is 23.2. The summed E-state index contributed by atoms with van der Waals surface area (Å²) in [5.41, 5.74) is 3.77. The number of aryl methyl sites for hydroxylation is 4. The highest BCUT2D eigenvalue weighted by Crippen LogP contribution is 2.31. The fourth-order valence-electron chi connectivity index (χ4n) is 3.63. The van der Waals surface area contributed by atoms with Gasteiger partial charge in [-0.1, -0.05) is 0 Å². The van der Waals surface area contributed by atoms with E-state index in [2.05, 4.69) is 20.4 Å². The molecule has 4 rings (SSSR count). The number of alkyl halides is 3. The van der Waals surface area contributed by atoms with Crippen LogP contribution in [0.3, 0.4) is 0 Å². The number of halogens is 3. The van der Waals surface area contributed by atoms with E-state index in [1.165, 1.54) is 16.8 Å². The Morgan fingerprint density at radius 2 is 1.69 bits per heavy atom. The average molecular weight is 439 g/mol. The van der Waals surface area contributed by atoms with E-state index < -0.39 is 11.7 Å². The Morgan fingerprint density at radius 1 is 1.00 bits per heavy atom. The van der Waals surface area contributed by atoms with Gasteiger partial charge < -0.3 is 5.32 Å². The molecule has 164 valence electrons. The Morgan fingerprint density at radius 3 is 2.31 bits per heavy atom. The van der Waals surface area contributed by atoms with Crippen molar-refractivity contribution in [3.8, 4) is 5.69 Å². The standard InChI is InChI=1S/C23H20F3N5O/c1-12-9-10-27-15(4)20(12)29-22(32)18-11-13(2)28-21-19(18)14(3)30-31(21)17-7-5-16(6-8-17)23(24,25)26/h5-11H,1-4H3,(H,29,32). The molecule has 1 amide bonds. The van der Waals surface area contributed by atoms with Crippen LogP contribution in [-0.2, 0) is 6.18 Å². The first kappa shape index (κ1) is 21.5. The number of hydrogen-bond donors (Lipinski definition) is 1. The van der Waals surface area contributed by atoms with Gasteiger partial charge in [-0.25, -0.2) is 9.67 Å². The van der Waals surface area contributed by atoms with Crippen molar-refractivity contribution in [2.75, 3.05) is 5.32 Å². The molecule has 0 saturated heterocycles. The number of rotatable bonds is 3. The number of aromatic nitrogens is 4. The molecule has 32 heavy (non-hydrogen) atoms. The number of anilines is 1. The molecular weight excluding hydrogens is 419 g/mol. The van der Waals surface area contributed by atoms with E-state index in [4.69, 9.17) is 0 Å². The Balaban J connectivity index is 1.81. The lowest BCUT2D eigenvalue weighted by molar-refractivity contribution is -0.137. The van der Waals surface area contributed by atoms with Crippen LogP contribution in [-0.4, -0.2) is 25.7 Å². The fourth-order valence-corrected chi connectivity index (χ4v) is 3.63. The van der Waals surface area contributed by atoms with Gasteiger partial charge in [-0.2, -0.15) is 18.3 Å². The highest BCUT2D eigenvalue weighted by molar-refractivity contribution is 6.13. The summed E-state index contributed by atoms with van der Waals surface area (Å²) in [6.45, 7) is 7.17. The Kier molecular flexibility index (Phi) is 5.20. The van der Waals surface area contributed by atoms with Crippen LogP contribution < -0.4 is 5.32 Å². The predicted octanol–water partition coefficient (Wildman–Crippen LogP) is 5.32. The summed E-state index contributed by atoms with van der Waals surface area (Å²) < 4.78 is 40.2. The molecule has 0 aliphatic carbocycles. The van der Waals surface area contributed by atoms with E-state index in [1.54, 1.807) is 26.1 Å². The maximum absolute atomic E-state index is 13.2. The van der Waals surface area contributed by atoms with E-state index in [9.17, 15) is 18.0 Å². The van der Waals surface area contributed by atoms with E-state index in [-0.39, 0.29) is 5.91 Å². The third kappa shape index (κ3) is 3.81. The van der Waals surface area contributed by atoms with Gasteiger partial charge in [0.25, 0.3) is 5.91 Å². The number of carbonyl (C=O) groups excluding carboxylic acids is 1. The minimum Gasteiger partial charge on any atom is -0.320 e. The number of hydrogen-bond acceptors (Lipinski definition) is 4. The highest BCUT2D eigenvalue weighted by atomic mass is 19.4. The molecule has 6 nitrogen and oxygen atoms in total. The van der Waals surface area contributed by atoms with E-state index in [1.807, 2.05) is 19.9 Å². The number of pyridine rings is 2. The Labute approximate surface area is 182 Å². The second kappa shape index (κ2) is 7.74. The quantitative estimate of drug-likeness (QED) is 0.469. The zero-order valence-corrected chi connectivity index (χ0v) is 17.9. The molecule has 3 heterocycles. The summed E-state index contributed by atoms with van der Waals surface area (Å²) in [5.74, 6) is -0.338. The van der Waals surface area contributed by atoms with Gasteiger partial charge in [0.15, 0.2) is 5.65 Å². The molecule has 0 aliphatic rings. The van der Waals surface area contributed by atoms with Crippen molar-refractivity contribution in [3.63, 3.8) is 0 Å². The molecule has 0 fully saturated rings. The van der Waals surface area contributed by atoms with Gasteiger partial charge in [-0.3, -0.25) is 9.78 Å². The van der Waals surface area contributed by atoms with Crippen molar-refractivity contribution >= 4 is 22.6 Å². The van der Waals surface area contributed by atoms with Crippen molar-refractivity contribution < 1.29 is 18.0 Å². The smallest absolute Gasteiger partial charge is 0.320 e. The van der Waals surface area contributed by atoms with Crippen LogP contribution in [0.4, 0.5) is 18.9 Å². The van der Waals surface area contributed by atoms with Crippen LogP contribution in [0, 0.1) is 27.7 Å². The second-order valence-electron chi connectivity index (χ2n) is 7.59. The zero-order valence-electron chi connectivity index (χ0n) is 17.9. The summed E-state index contributed by atoms with van der Waals surface area (Å²) in [5, 5.41) is 7.92. The van der Waals surface area contributed by atoms with E-state index in [0.717, 1.165) is 17.7 Å². The van der Waals surface area contributed by atoms with Crippen LogP contribution in [0.5, 0.6) is 0 Å². The number of nitrogens with zero attached hydrogens (tertiary/aromatic N) is 4. The predicted molar refractivity (Wildman–Crippen MR) is 115 cm³/mol. The van der Waals surface area contributed by atoms with Crippen LogP contribution in [0.1, 0.15) is 38.6 Å². The first-order valence-electron chi connectivity index (χ1n) is 9.84. The topological polar surface area (TPSA) is 72.7 Å². The highest BCUT2D eigenvalue weighted by Gasteiger charge is 2.30. The lowest BCUT2D eigenvalue weighted by atomic mass is 10.1. The third-order valence-corrected chi connectivity index (χ3v) is 5.21. The molecule has 1 N–H and O–H groups in total. The van der Waals surface area contributed by atoms with Gasteiger partial charge in [0.05, 0.1) is 39.3 Å². The minimum atomic E-state index is -4.43. The largest absolute Gasteiger partial charge is 0.416 e. The van der Waals surface area contributed by atoms with Gasteiger partial charge in [0.2, 0.25) is 0 Å². The normalized spacial score (nSPS) is 11.7. The minimum absolute atomic E-state index is 0.338. The van der Waals surface area contributed by atoms with Crippen molar-refractivity contribution in [2.45, 2.75) is 33.9 Å². The molecule has 0 unspecified atom stereocenters. The van der Waals surface area contributed by atoms with E-state index >= 15 is 0 Å². The number of amides is 1. The maximum Gasteiger partial charge on any atom is 0.416 e. The summed E-state index contributed by atoms with van der Waals surface area (Å²) in [6.07, 6.45) is -2.75. The number of fused-ring (bicyclic) bond motifs is 1. The average Bonchev–Trinajstić information content (AvgIpc) is 3.05. The lowest BCUT2D eigenvalue weighted by Crippen LogP contribution is -2.15. The Bertz CT molecular complexity index is 1320. The summed E-state index contributed by atoms with van der Waals surface area (Å²) in [4.78, 5) is 22.0. The first-order valence-corrected chi connectivity index (χ1v) is 9.84. The van der Waals surface area contributed by atoms with Crippen LogP contribution in [0.15, 0.2) is 42.6 Å². The van der Waals surface area contributed by atoms with Crippen molar-refractivity contribution in [3.05, 3.63) is 76.4 Å². The molecule has 0 saturated carbocycles. The SMILES string of the molecule is Cc1cc(C(=O)Nc2c(C)ccnc2C)c2c(C)nn(-c3ccc(C(F)(F)F)cc3)c2n1. The van der Waals surface area contributed by atoms with Gasteiger partial charge in [0.1, 0.15) is 0 Å². The third-order valence-electron chi connectivity index (χ3n) is 5.21. The number of nitrogens with one attached hydrogen (secondary N) is 1. The summed E-state index contributed by atoms with van der Waals surface area (Å²) in [6, 6.07) is 8.14. The summed E-state index contributed by atoms with van der Waals surface area (Å²) >= 11 is 0. The molecule has 0 spiro atoms. The molecule has 9 heteroatoms. The van der Waals surface area contributed by atoms with Crippen molar-refractivity contribution in [1.82, 2.24) is 19.7 Å². The second-order valence-corrected chi connectivity index (χ2v) is 7.59. The van der Waals surface area contributed by atoms with Gasteiger partial charge in [-0.05, 0) is 69.7 Å². The molecule has 1 aromatic carbocycles. The molecule has 0 radical (unpaired) electrons. The monoisotopic (exact) mass is 439 g/mol. The van der Waals surface area contributed by atoms with Crippen molar-refractivity contribution in [2.24, 2.45) is 0 Å². The molecule has 4 aromatic rings. The fraction of sp³-hybridized carbons (Fsp3) is 0.217. The molecule has 0 atom stereocenters. The first-order chi connectivity index (χ1) is 15.1. The van der Waals surface area contributed by atoms with Crippen molar-refractivity contribution in [1.29, 1.82) is 0 Å². The molecular formula is C23H20F3N5O. The molecule has 3 aromatic heterocycles. The Hall–Kier alpha value is -3.75. The van der Waals surface area contributed by atoms with E-state index in [0.29, 0.717) is 45.1 Å². The van der Waals surface area contributed by atoms with Crippen LogP contribution in [0.2, 0.25) is 0 Å². The maximum atomic E-state index is 13.2. The number of carbonyl (C=O) groups is 1. The van der Waals surface area contributed by atoms with Crippen LogP contribution in [0.25, 0.3) is 16.7 Å². The van der Waals surface area contributed by atoms with Gasteiger partial charge in [-0.15, -0.1) is 0 Å².